The van der Waals surface area contributed by atoms with Crippen molar-refractivity contribution >= 4 is 132 Å². The number of hydrogen-bond acceptors (Lipinski definition) is 14. The maximum Gasteiger partial charge on any atom is 0.426 e. The second kappa shape index (κ2) is 40.4. The summed E-state index contributed by atoms with van der Waals surface area (Å²) in [6.07, 6.45) is 0.380. The van der Waals surface area contributed by atoms with E-state index in [1.165, 1.54) is 55.1 Å². The summed E-state index contributed by atoms with van der Waals surface area (Å²) in [5, 5.41) is 21.5. The molecule has 7 aromatic rings. The van der Waals surface area contributed by atoms with Gasteiger partial charge in [-0.15, -0.1) is 0 Å². The minimum absolute atomic E-state index is 0. The summed E-state index contributed by atoms with van der Waals surface area (Å²) in [6.45, 7) is 33.3. The van der Waals surface area contributed by atoms with E-state index in [9.17, 15) is 50.4 Å². The second-order valence-corrected chi connectivity index (χ2v) is 35.2. The van der Waals surface area contributed by atoms with Crippen molar-refractivity contribution < 1.29 is 74.5 Å². The van der Waals surface area contributed by atoms with Gasteiger partial charge < -0.3 is 38.6 Å². The smallest absolute Gasteiger partial charge is 0.426 e. The highest BCUT2D eigenvalue weighted by molar-refractivity contribution is 14.1. The van der Waals surface area contributed by atoms with Crippen molar-refractivity contribution in [3.8, 4) is 22.1 Å². The number of likely N-dealkylation sites (N-methyl/N-ethyl adjacent to an activating group) is 1. The molecule has 1 aliphatic rings. The van der Waals surface area contributed by atoms with Gasteiger partial charge in [0.2, 0.25) is 6.10 Å². The van der Waals surface area contributed by atoms with Crippen molar-refractivity contribution in [3.63, 3.8) is 0 Å². The summed E-state index contributed by atoms with van der Waals surface area (Å²) in [4.78, 5) is 50.9. The number of benzene rings is 6. The number of carbonyl (C=O) groups excluding carboxylic acids is 4. The standard InChI is InChI=1S/C18H13S.C16H18F3IO7S.C12H22O2.C11H14I2O.C11H16O.C10H21NO2.CH4/c1-2-8-14(9-3-1)19-17-12-6-4-10-15(17)16-11-5-7-13-18(16)19;1-4-15(2,3)14(22)26-11-7-9(5-6-10(11)20)13(21)27-12(16(17,18)19)8-28(23,24)25;1-5-11(2,3)10(13)14-12(4)8-6-7-9-12;1-4-11(2,3)7-5-8(12)10(14)9(13)6-7;1-4-11(2,3)9-5-7-10(12)8-6-9;1-6-10(2,3)9(12)13-8-7-11(4)5;/h1-13H;5-7,12H,4,8H2,1-3H3,(H,23,24,25);5-9H2,1-4H3;5-6,14H,4H2,1-3H3;5-8,12H,4H2,1-3H3;6-8H2,1-5H3;1H4/q+1;;;;;;/p-1. The summed E-state index contributed by atoms with van der Waals surface area (Å²) in [7, 11) is -1.33. The highest BCUT2D eigenvalue weighted by Crippen LogP contribution is 2.48. The molecule has 1 heterocycles. The lowest BCUT2D eigenvalue weighted by Gasteiger charge is -2.29. The van der Waals surface area contributed by atoms with E-state index >= 15 is 0 Å². The summed E-state index contributed by atoms with van der Waals surface area (Å²) in [6, 6.07) is 43.4. The van der Waals surface area contributed by atoms with E-state index in [1.54, 1.807) is 55.5 Å². The number of ether oxygens (including phenoxy) is 4. The van der Waals surface area contributed by atoms with Gasteiger partial charge in [-0.1, -0.05) is 124 Å². The monoisotopic (exact) mass is 1780 g/mol. The Balaban J connectivity index is 0.000000423. The first-order valence-corrected chi connectivity index (χ1v) is 39.5. The van der Waals surface area contributed by atoms with Crippen LogP contribution in [0.2, 0.25) is 0 Å². The molecule has 1 aromatic heterocycles. The zero-order chi connectivity index (χ0) is 76.0. The van der Waals surface area contributed by atoms with Crippen LogP contribution in [0.15, 0.2) is 133 Å². The third kappa shape index (κ3) is 29.0. The van der Waals surface area contributed by atoms with Gasteiger partial charge in [0.05, 0.1) is 48.4 Å². The van der Waals surface area contributed by atoms with Gasteiger partial charge in [0.25, 0.3) is 0 Å². The van der Waals surface area contributed by atoms with Crippen molar-refractivity contribution in [1.82, 2.24) is 4.90 Å². The second-order valence-electron chi connectivity index (χ2n) is 28.3. The maximum atomic E-state index is 12.9. The minimum atomic E-state index is -5.30. The van der Waals surface area contributed by atoms with Crippen LogP contribution in [0.5, 0.6) is 17.2 Å². The highest BCUT2D eigenvalue weighted by Gasteiger charge is 2.45. The quantitative estimate of drug-likeness (QED) is 0.0182. The number of thiophene rings is 1. The highest BCUT2D eigenvalue weighted by atomic mass is 127. The van der Waals surface area contributed by atoms with Gasteiger partial charge >= 0.3 is 30.1 Å². The average Bonchev–Trinajstić information content (AvgIpc) is 1.61. The number of hydrogen-bond donors (Lipinski definition) is 2. The number of halogens is 6. The summed E-state index contributed by atoms with van der Waals surface area (Å²) in [5.74, 6) is -3.53. The number of esters is 4. The lowest BCUT2D eigenvalue weighted by Crippen LogP contribution is -2.39. The fourth-order valence-electron chi connectivity index (χ4n) is 9.00. The number of phenols is 2. The minimum Gasteiger partial charge on any atom is -0.748 e. The van der Waals surface area contributed by atoms with Gasteiger partial charge in [-0.2, -0.15) is 13.2 Å². The van der Waals surface area contributed by atoms with Crippen LogP contribution in [0.4, 0.5) is 13.2 Å². The van der Waals surface area contributed by atoms with Gasteiger partial charge in [-0.25, -0.2) is 13.2 Å². The first-order valence-electron chi connectivity index (χ1n) is 33.5. The first kappa shape index (κ1) is 92.0. The van der Waals surface area contributed by atoms with Gasteiger partial charge in [-0.05, 0) is 289 Å². The Morgan fingerprint density at radius 2 is 1.05 bits per heavy atom. The van der Waals surface area contributed by atoms with Crippen molar-refractivity contribution in [2.24, 2.45) is 16.2 Å². The van der Waals surface area contributed by atoms with E-state index in [0.717, 1.165) is 64.3 Å². The van der Waals surface area contributed by atoms with Crippen LogP contribution in [0.3, 0.4) is 0 Å². The Bertz CT molecular complexity index is 3830. The zero-order valence-corrected chi connectivity index (χ0v) is 69.3. The van der Waals surface area contributed by atoms with Crippen LogP contribution in [0, 0.1) is 27.0 Å². The normalized spacial score (nSPS) is 13.3. The molecule has 1 aliphatic carbocycles. The summed E-state index contributed by atoms with van der Waals surface area (Å²) < 4.78 is 95.8. The van der Waals surface area contributed by atoms with Crippen molar-refractivity contribution in [3.05, 3.63) is 161 Å². The molecule has 1 saturated carbocycles. The SMILES string of the molecule is C.CCC(C)(C)C(=O)OC1(C)CCCC1.CCC(C)(C)C(=O)OCCN(C)C.CCC(C)(C)C(=O)Oc1cc(C(=O)OC(CS(=O)(=O)[O-])C(F)(F)F)ccc1I.CCC(C)(C)c1cc(I)c(O)c(I)c1.CCC(C)(C)c1ccc(O)cc1.c1ccc(-[s+]2c3ccccc3c3ccccc32)cc1. The van der Waals surface area contributed by atoms with E-state index in [1.807, 2.05) is 72.7 Å². The molecule has 0 bridgehead atoms. The van der Waals surface area contributed by atoms with E-state index in [-0.39, 0.29) is 62.8 Å². The molecule has 1 unspecified atom stereocenters. The molecular formula is C79H107F3I3NO13S2. The molecule has 8 rings (SSSR count). The number of alkyl halides is 3. The maximum absolute atomic E-state index is 12.9. The van der Waals surface area contributed by atoms with Gasteiger partial charge in [0.1, 0.15) is 29.5 Å². The lowest BCUT2D eigenvalue weighted by atomic mass is 9.82. The topological polar surface area (TPSA) is 206 Å². The lowest BCUT2D eigenvalue weighted by molar-refractivity contribution is -0.197. The molecule has 0 aliphatic heterocycles. The number of rotatable bonds is 20. The Hall–Kier alpha value is -5.13. The molecule has 560 valence electrons. The van der Waals surface area contributed by atoms with E-state index in [0.29, 0.717) is 28.1 Å². The molecule has 1 atom stereocenters. The largest absolute Gasteiger partial charge is 0.748 e. The summed E-state index contributed by atoms with van der Waals surface area (Å²) in [5.41, 5.74) is 0.899. The fraction of sp³-hybridized carbons (Fsp3) is 0.494. The third-order valence-electron chi connectivity index (χ3n) is 18.1. The fourth-order valence-corrected chi connectivity index (χ4v) is 14.2. The molecule has 2 N–H and O–H groups in total. The molecule has 1 fully saturated rings. The van der Waals surface area contributed by atoms with Gasteiger partial charge in [0.15, 0.2) is 14.3 Å². The molecule has 101 heavy (non-hydrogen) atoms. The van der Waals surface area contributed by atoms with Crippen molar-refractivity contribution in [2.75, 3.05) is 33.0 Å². The van der Waals surface area contributed by atoms with E-state index in [2.05, 4.69) is 189 Å². The number of carbonyl (C=O) groups is 4. The number of aromatic hydroxyl groups is 2. The van der Waals surface area contributed by atoms with Crippen molar-refractivity contribution in [2.45, 2.75) is 205 Å². The van der Waals surface area contributed by atoms with Crippen molar-refractivity contribution in [1.29, 1.82) is 0 Å². The van der Waals surface area contributed by atoms with E-state index in [4.69, 9.17) is 19.3 Å². The summed E-state index contributed by atoms with van der Waals surface area (Å²) >= 11 is 6.15. The van der Waals surface area contributed by atoms with Crippen LogP contribution >= 0.6 is 78.2 Å². The molecular weight excluding hydrogens is 1670 g/mol. The first-order chi connectivity index (χ1) is 46.2. The number of phenolic OH excluding ortho intramolecular Hbond substituents is 2. The molecule has 14 nitrogen and oxygen atoms in total. The molecule has 0 spiro atoms. The predicted molar refractivity (Wildman–Crippen MR) is 430 cm³/mol. The van der Waals surface area contributed by atoms with Crippen LogP contribution in [-0.2, 0) is 49.5 Å². The van der Waals surface area contributed by atoms with Crippen LogP contribution < -0.4 is 4.74 Å². The van der Waals surface area contributed by atoms with Gasteiger partial charge in [-0.3, -0.25) is 14.4 Å². The number of fused-ring (bicyclic) bond motifs is 3. The molecule has 0 saturated heterocycles. The van der Waals surface area contributed by atoms with Gasteiger partial charge in [0, 0.05) is 27.8 Å². The van der Waals surface area contributed by atoms with E-state index < -0.39 is 51.1 Å². The third-order valence-corrected chi connectivity index (χ3v) is 23.7. The Morgan fingerprint density at radius 3 is 1.50 bits per heavy atom. The average molecular weight is 1780 g/mol. The molecule has 0 radical (unpaired) electrons. The van der Waals surface area contributed by atoms with Crippen LogP contribution in [0.1, 0.15) is 197 Å². The molecule has 6 aromatic carbocycles. The predicted octanol–water partition coefficient (Wildman–Crippen LogP) is 21.8. The zero-order valence-electron chi connectivity index (χ0n) is 61.2. The van der Waals surface area contributed by atoms with Crippen LogP contribution in [-0.4, -0.2) is 103 Å². The Labute approximate surface area is 643 Å². The Kier molecular flexibility index (Phi) is 36.8. The van der Waals surface area contributed by atoms with Crippen LogP contribution in [0.25, 0.3) is 25.1 Å². The molecule has 0 amide bonds. The Morgan fingerprint density at radius 1 is 0.604 bits per heavy atom. The number of nitrogens with zero attached hydrogens (tertiary/aromatic N) is 1. The molecule has 22 heteroatoms.